The normalized spacial score (nSPS) is 14.7. The van der Waals surface area contributed by atoms with Crippen LogP contribution in [0.5, 0.6) is 0 Å². The van der Waals surface area contributed by atoms with E-state index in [1.54, 1.807) is 18.2 Å². The summed E-state index contributed by atoms with van der Waals surface area (Å²) >= 11 is 3.34. The highest BCUT2D eigenvalue weighted by molar-refractivity contribution is 9.10. The maximum absolute atomic E-state index is 13.0. The fraction of sp³-hybridized carbons (Fsp3) is 0.286. The molecule has 4 nitrogen and oxygen atoms in total. The Morgan fingerprint density at radius 3 is 2.50 bits per heavy atom. The molecule has 116 valence electrons. The van der Waals surface area contributed by atoms with Crippen LogP contribution in [0.2, 0.25) is 0 Å². The maximum atomic E-state index is 13.0. The van der Waals surface area contributed by atoms with Gasteiger partial charge in [-0.3, -0.25) is 0 Å². The number of nitrogens with zero attached hydrogens (tertiary/aromatic N) is 2. The minimum atomic E-state index is -4.52. The van der Waals surface area contributed by atoms with Gasteiger partial charge in [0.15, 0.2) is 5.69 Å². The summed E-state index contributed by atoms with van der Waals surface area (Å²) in [6.45, 7) is 0. The van der Waals surface area contributed by atoms with E-state index in [2.05, 4.69) is 36.5 Å². The Hall–Kier alpha value is -1.83. The first-order chi connectivity index (χ1) is 10.4. The van der Waals surface area contributed by atoms with E-state index in [0.717, 1.165) is 23.4 Å². The van der Waals surface area contributed by atoms with Gasteiger partial charge < -0.3 is 10.6 Å². The van der Waals surface area contributed by atoms with Gasteiger partial charge in [0.25, 0.3) is 0 Å². The molecule has 1 aromatic heterocycles. The van der Waals surface area contributed by atoms with Crippen molar-refractivity contribution in [2.24, 2.45) is 0 Å². The van der Waals surface area contributed by atoms with Crippen LogP contribution in [0.3, 0.4) is 0 Å². The molecule has 0 aliphatic heterocycles. The zero-order valence-corrected chi connectivity index (χ0v) is 12.9. The average Bonchev–Trinajstić information content (AvgIpc) is 3.24. The van der Waals surface area contributed by atoms with Gasteiger partial charge in [-0.2, -0.15) is 18.2 Å². The first kappa shape index (κ1) is 15.1. The van der Waals surface area contributed by atoms with Crippen LogP contribution in [-0.2, 0) is 6.18 Å². The summed E-state index contributed by atoms with van der Waals surface area (Å²) in [6.07, 6.45) is -2.67. The molecule has 2 aromatic rings. The molecule has 1 heterocycles. The lowest BCUT2D eigenvalue weighted by molar-refractivity contribution is -0.141. The van der Waals surface area contributed by atoms with E-state index < -0.39 is 11.9 Å². The number of hydrogen-bond acceptors (Lipinski definition) is 4. The number of nitrogens with one attached hydrogen (secondary N) is 2. The number of hydrogen-bond donors (Lipinski definition) is 2. The third kappa shape index (κ3) is 3.68. The van der Waals surface area contributed by atoms with Gasteiger partial charge in [-0.05, 0) is 40.9 Å². The van der Waals surface area contributed by atoms with Crippen molar-refractivity contribution >= 4 is 33.4 Å². The van der Waals surface area contributed by atoms with Crippen molar-refractivity contribution in [3.8, 4) is 0 Å². The summed E-state index contributed by atoms with van der Waals surface area (Å²) in [4.78, 5) is 7.66. The van der Waals surface area contributed by atoms with Crippen LogP contribution >= 0.6 is 15.9 Å². The van der Waals surface area contributed by atoms with Crippen molar-refractivity contribution in [2.75, 3.05) is 10.6 Å². The minimum Gasteiger partial charge on any atom is -0.351 e. The molecular formula is C14H12BrF3N4. The summed E-state index contributed by atoms with van der Waals surface area (Å²) in [6, 6.07) is 8.20. The summed E-state index contributed by atoms with van der Waals surface area (Å²) in [5.74, 6) is 0.0873. The highest BCUT2D eigenvalue weighted by Crippen LogP contribution is 2.32. The molecule has 1 fully saturated rings. The minimum absolute atomic E-state index is 0.00752. The Kier molecular flexibility index (Phi) is 3.94. The molecular weight excluding hydrogens is 361 g/mol. The van der Waals surface area contributed by atoms with Crippen molar-refractivity contribution in [2.45, 2.75) is 25.1 Å². The highest BCUT2D eigenvalue weighted by Gasteiger charge is 2.34. The lowest BCUT2D eigenvalue weighted by Crippen LogP contribution is -2.14. The lowest BCUT2D eigenvalue weighted by atomic mass is 10.3. The molecule has 1 aromatic carbocycles. The third-order valence-corrected chi connectivity index (χ3v) is 3.76. The standard InChI is InChI=1S/C14H12BrF3N4/c15-9-3-1-2-4-10(9)20-12-7-11(14(16,17)18)21-13(22-12)19-8-5-6-8/h1-4,7-8H,5-6H2,(H2,19,20,21,22). The highest BCUT2D eigenvalue weighted by atomic mass is 79.9. The molecule has 3 rings (SSSR count). The zero-order valence-electron chi connectivity index (χ0n) is 11.3. The van der Waals surface area contributed by atoms with E-state index in [1.165, 1.54) is 0 Å². The average molecular weight is 373 g/mol. The molecule has 0 amide bonds. The van der Waals surface area contributed by atoms with E-state index in [0.29, 0.717) is 5.69 Å². The van der Waals surface area contributed by atoms with E-state index in [9.17, 15) is 13.2 Å². The van der Waals surface area contributed by atoms with Crippen LogP contribution in [0.15, 0.2) is 34.8 Å². The fourth-order valence-electron chi connectivity index (χ4n) is 1.83. The predicted octanol–water partition coefficient (Wildman–Crippen LogP) is 4.58. The molecule has 0 unspecified atom stereocenters. The first-order valence-corrected chi connectivity index (χ1v) is 7.45. The molecule has 8 heteroatoms. The van der Waals surface area contributed by atoms with Crippen LogP contribution in [-0.4, -0.2) is 16.0 Å². The summed E-state index contributed by atoms with van der Waals surface area (Å²) in [7, 11) is 0. The van der Waals surface area contributed by atoms with Gasteiger partial charge in [0.2, 0.25) is 5.95 Å². The summed E-state index contributed by atoms with van der Waals surface area (Å²) in [5.41, 5.74) is -0.341. The zero-order chi connectivity index (χ0) is 15.7. The molecule has 1 saturated carbocycles. The maximum Gasteiger partial charge on any atom is 0.433 e. The fourth-order valence-corrected chi connectivity index (χ4v) is 2.22. The van der Waals surface area contributed by atoms with Crippen molar-refractivity contribution in [1.82, 2.24) is 9.97 Å². The number of halogens is 4. The first-order valence-electron chi connectivity index (χ1n) is 6.66. The van der Waals surface area contributed by atoms with Gasteiger partial charge in [0.05, 0.1) is 5.69 Å². The second-order valence-electron chi connectivity index (χ2n) is 4.98. The van der Waals surface area contributed by atoms with Crippen LogP contribution in [0.4, 0.5) is 30.6 Å². The molecule has 0 saturated heterocycles. The van der Waals surface area contributed by atoms with Crippen molar-refractivity contribution in [3.63, 3.8) is 0 Å². The van der Waals surface area contributed by atoms with Crippen LogP contribution in [0.1, 0.15) is 18.5 Å². The molecule has 0 radical (unpaired) electrons. The Labute approximate surface area is 133 Å². The smallest absolute Gasteiger partial charge is 0.351 e. The number of rotatable bonds is 4. The largest absolute Gasteiger partial charge is 0.433 e. The quantitative estimate of drug-likeness (QED) is 0.824. The lowest BCUT2D eigenvalue weighted by Gasteiger charge is -2.13. The topological polar surface area (TPSA) is 49.8 Å². The van der Waals surface area contributed by atoms with E-state index in [1.807, 2.05) is 6.07 Å². The molecule has 2 N–H and O–H groups in total. The molecule has 0 spiro atoms. The molecule has 0 atom stereocenters. The van der Waals surface area contributed by atoms with E-state index in [-0.39, 0.29) is 17.8 Å². The van der Waals surface area contributed by atoms with Crippen LogP contribution < -0.4 is 10.6 Å². The van der Waals surface area contributed by atoms with E-state index >= 15 is 0 Å². The van der Waals surface area contributed by atoms with Crippen LogP contribution in [0.25, 0.3) is 0 Å². The third-order valence-electron chi connectivity index (χ3n) is 3.06. The monoisotopic (exact) mass is 372 g/mol. The van der Waals surface area contributed by atoms with Gasteiger partial charge >= 0.3 is 6.18 Å². The number of anilines is 3. The van der Waals surface area contributed by atoms with Gasteiger partial charge in [-0.25, -0.2) is 4.98 Å². The number of benzene rings is 1. The Bertz CT molecular complexity index is 686. The number of aromatic nitrogens is 2. The molecule has 1 aliphatic carbocycles. The number of para-hydroxylation sites is 1. The Balaban J connectivity index is 1.93. The van der Waals surface area contributed by atoms with Gasteiger partial charge in [-0.15, -0.1) is 0 Å². The second kappa shape index (κ2) is 5.75. The summed E-state index contributed by atoms with van der Waals surface area (Å²) in [5, 5.41) is 5.78. The SMILES string of the molecule is FC(F)(F)c1cc(Nc2ccccc2Br)nc(NC2CC2)n1. The Morgan fingerprint density at radius 2 is 1.86 bits per heavy atom. The summed E-state index contributed by atoms with van der Waals surface area (Å²) < 4.78 is 39.6. The van der Waals surface area contributed by atoms with Crippen molar-refractivity contribution < 1.29 is 13.2 Å². The van der Waals surface area contributed by atoms with Crippen molar-refractivity contribution in [1.29, 1.82) is 0 Å². The van der Waals surface area contributed by atoms with E-state index in [4.69, 9.17) is 0 Å². The Morgan fingerprint density at radius 1 is 1.14 bits per heavy atom. The van der Waals surface area contributed by atoms with Gasteiger partial charge in [-0.1, -0.05) is 12.1 Å². The van der Waals surface area contributed by atoms with Crippen molar-refractivity contribution in [3.05, 3.63) is 40.5 Å². The molecule has 22 heavy (non-hydrogen) atoms. The van der Waals surface area contributed by atoms with Gasteiger partial charge in [0.1, 0.15) is 5.82 Å². The van der Waals surface area contributed by atoms with Crippen LogP contribution in [0, 0.1) is 0 Å². The predicted molar refractivity (Wildman–Crippen MR) is 81.1 cm³/mol. The number of alkyl halides is 3. The second-order valence-corrected chi connectivity index (χ2v) is 5.84. The molecule has 1 aliphatic rings. The molecule has 0 bridgehead atoms. The van der Waals surface area contributed by atoms with Gasteiger partial charge in [0, 0.05) is 16.6 Å².